The predicted octanol–water partition coefficient (Wildman–Crippen LogP) is 3.01. The molecule has 3 aromatic heterocycles. The molecule has 1 aliphatic carbocycles. The minimum absolute atomic E-state index is 0.0127. The van der Waals surface area contributed by atoms with E-state index in [1.807, 2.05) is 35.1 Å². The molecular formula is C27H27N7O3. The number of nitrogens with one attached hydrogen (secondary N) is 1. The van der Waals surface area contributed by atoms with Crippen molar-refractivity contribution in [1.82, 2.24) is 29.9 Å². The van der Waals surface area contributed by atoms with E-state index in [1.54, 1.807) is 18.2 Å². The van der Waals surface area contributed by atoms with Crippen LogP contribution in [0.2, 0.25) is 0 Å². The summed E-state index contributed by atoms with van der Waals surface area (Å²) in [4.78, 5) is 19.0. The van der Waals surface area contributed by atoms with E-state index in [4.69, 9.17) is 14.5 Å². The van der Waals surface area contributed by atoms with Crippen molar-refractivity contribution in [3.63, 3.8) is 0 Å². The van der Waals surface area contributed by atoms with Gasteiger partial charge in [0.05, 0.1) is 30.9 Å². The first-order valence-corrected chi connectivity index (χ1v) is 12.3. The number of nitriles is 1. The maximum atomic E-state index is 12.2. The summed E-state index contributed by atoms with van der Waals surface area (Å²) in [6.45, 7) is 1.35. The van der Waals surface area contributed by atoms with Crippen LogP contribution in [0.1, 0.15) is 35.7 Å². The molecule has 0 bridgehead atoms. The van der Waals surface area contributed by atoms with Crippen LogP contribution in [0.3, 0.4) is 0 Å². The lowest BCUT2D eigenvalue weighted by molar-refractivity contribution is -0.134. The molecule has 6 rings (SSSR count). The van der Waals surface area contributed by atoms with Gasteiger partial charge in [-0.25, -0.2) is 4.98 Å². The molecule has 1 aromatic carbocycles. The SMILES string of the molecule is COCC(=O)N1CC[C@H](n2cc(-c3n[nH]c4cc(OC)c(C5(C#N)CCc6ccccc65)nc34)cn2)C1. The highest BCUT2D eigenvalue weighted by Gasteiger charge is 2.44. The monoisotopic (exact) mass is 497 g/mol. The summed E-state index contributed by atoms with van der Waals surface area (Å²) in [5, 5.41) is 22.6. The van der Waals surface area contributed by atoms with Gasteiger partial charge in [0.1, 0.15) is 34.7 Å². The summed E-state index contributed by atoms with van der Waals surface area (Å²) in [5.41, 5.74) is 4.72. The molecule has 1 saturated heterocycles. The Morgan fingerprint density at radius 2 is 2.19 bits per heavy atom. The van der Waals surface area contributed by atoms with Crippen molar-refractivity contribution in [1.29, 1.82) is 5.26 Å². The number of carbonyl (C=O) groups excluding carboxylic acids is 1. The minimum atomic E-state index is -0.892. The topological polar surface area (TPSA) is 122 Å². The van der Waals surface area contributed by atoms with E-state index in [2.05, 4.69) is 27.4 Å². The van der Waals surface area contributed by atoms with E-state index < -0.39 is 5.41 Å². The molecule has 10 nitrogen and oxygen atoms in total. The van der Waals surface area contributed by atoms with Gasteiger partial charge in [-0.15, -0.1) is 0 Å². The first-order chi connectivity index (χ1) is 18.1. The Labute approximate surface area is 213 Å². The number of nitrogens with zero attached hydrogens (tertiary/aromatic N) is 6. The molecule has 1 aliphatic heterocycles. The maximum absolute atomic E-state index is 12.2. The molecule has 2 atom stereocenters. The largest absolute Gasteiger partial charge is 0.495 e. The zero-order valence-corrected chi connectivity index (χ0v) is 20.8. The molecule has 0 saturated carbocycles. The van der Waals surface area contributed by atoms with Crippen molar-refractivity contribution in [2.45, 2.75) is 30.7 Å². The van der Waals surface area contributed by atoms with Gasteiger partial charge in [0.15, 0.2) is 0 Å². The lowest BCUT2D eigenvalue weighted by Gasteiger charge is -2.24. The third kappa shape index (κ3) is 3.65. The van der Waals surface area contributed by atoms with Crippen molar-refractivity contribution in [3.05, 3.63) is 59.5 Å². The second-order valence-corrected chi connectivity index (χ2v) is 9.61. The number of fused-ring (bicyclic) bond motifs is 2. The summed E-state index contributed by atoms with van der Waals surface area (Å²) in [6.07, 6.45) is 5.99. The molecule has 1 unspecified atom stereocenters. The molecular weight excluding hydrogens is 470 g/mol. The summed E-state index contributed by atoms with van der Waals surface area (Å²) < 4.78 is 12.6. The van der Waals surface area contributed by atoms with Crippen LogP contribution < -0.4 is 4.74 Å². The lowest BCUT2D eigenvalue weighted by atomic mass is 9.79. The van der Waals surface area contributed by atoms with E-state index >= 15 is 0 Å². The average molecular weight is 498 g/mol. The number of aromatic amines is 1. The number of carbonyl (C=O) groups is 1. The quantitative estimate of drug-likeness (QED) is 0.434. The van der Waals surface area contributed by atoms with E-state index in [9.17, 15) is 10.1 Å². The van der Waals surface area contributed by atoms with Gasteiger partial charge in [0, 0.05) is 38.0 Å². The van der Waals surface area contributed by atoms with E-state index in [0.29, 0.717) is 42.2 Å². The number of rotatable bonds is 6. The maximum Gasteiger partial charge on any atom is 0.248 e. The minimum Gasteiger partial charge on any atom is -0.495 e. The summed E-state index contributed by atoms with van der Waals surface area (Å²) in [5.74, 6) is 0.546. The van der Waals surface area contributed by atoms with E-state index in [1.165, 1.54) is 7.11 Å². The van der Waals surface area contributed by atoms with Crippen molar-refractivity contribution < 1.29 is 14.3 Å². The fraction of sp³-hybridized carbons (Fsp3) is 0.370. The molecule has 4 heterocycles. The number of pyridine rings is 1. The van der Waals surface area contributed by atoms with Gasteiger partial charge < -0.3 is 14.4 Å². The van der Waals surface area contributed by atoms with Gasteiger partial charge in [0.25, 0.3) is 0 Å². The summed E-state index contributed by atoms with van der Waals surface area (Å²) >= 11 is 0. The van der Waals surface area contributed by atoms with E-state index in [0.717, 1.165) is 35.0 Å². The Balaban J connectivity index is 1.38. The first-order valence-electron chi connectivity index (χ1n) is 12.3. The van der Waals surface area contributed by atoms with Crippen LogP contribution >= 0.6 is 0 Å². The Bertz CT molecular complexity index is 1530. The third-order valence-corrected chi connectivity index (χ3v) is 7.59. The molecule has 0 spiro atoms. The van der Waals surface area contributed by atoms with Crippen molar-refractivity contribution in [2.24, 2.45) is 0 Å². The molecule has 4 aromatic rings. The highest BCUT2D eigenvalue weighted by molar-refractivity contribution is 5.90. The van der Waals surface area contributed by atoms with Crippen LogP contribution in [0.25, 0.3) is 22.3 Å². The number of H-pyrrole nitrogens is 1. The van der Waals surface area contributed by atoms with Gasteiger partial charge in [-0.05, 0) is 30.4 Å². The molecule has 10 heteroatoms. The first kappa shape index (κ1) is 23.2. The van der Waals surface area contributed by atoms with Crippen LogP contribution in [0, 0.1) is 11.3 Å². The average Bonchev–Trinajstić information content (AvgIpc) is 3.72. The standard InChI is InChI=1S/C27H27N7O3/c1-36-15-23(35)33-10-8-19(14-33)34-13-18(12-29-34)24-25-21(31-32-24)11-22(37-2)26(30-25)27(16-28)9-7-17-5-3-4-6-20(17)27/h3-6,11-13,19H,7-10,14-15H2,1-2H3,(H,31,32)/t19-,27?/m0/s1. The molecule has 1 amide bonds. The van der Waals surface area contributed by atoms with Crippen LogP contribution in [-0.4, -0.2) is 69.7 Å². The predicted molar refractivity (Wildman–Crippen MR) is 135 cm³/mol. The third-order valence-electron chi connectivity index (χ3n) is 7.59. The smallest absolute Gasteiger partial charge is 0.248 e. The number of methoxy groups -OCH3 is 2. The Kier molecular flexibility index (Phi) is 5.65. The van der Waals surface area contributed by atoms with E-state index in [-0.39, 0.29) is 18.6 Å². The van der Waals surface area contributed by atoms with Gasteiger partial charge in [0.2, 0.25) is 5.91 Å². The number of amides is 1. The van der Waals surface area contributed by atoms with Crippen LogP contribution in [0.5, 0.6) is 5.75 Å². The van der Waals surface area contributed by atoms with Gasteiger partial charge in [-0.2, -0.15) is 15.5 Å². The molecule has 0 radical (unpaired) electrons. The zero-order valence-electron chi connectivity index (χ0n) is 20.8. The number of likely N-dealkylation sites (tertiary alicyclic amines) is 1. The van der Waals surface area contributed by atoms with Gasteiger partial charge in [-0.1, -0.05) is 24.3 Å². The highest BCUT2D eigenvalue weighted by atomic mass is 16.5. The summed E-state index contributed by atoms with van der Waals surface area (Å²) in [6, 6.07) is 12.6. The zero-order chi connectivity index (χ0) is 25.6. The molecule has 188 valence electrons. The van der Waals surface area contributed by atoms with Crippen molar-refractivity contribution >= 4 is 16.9 Å². The number of hydrogen-bond acceptors (Lipinski definition) is 7. The number of benzene rings is 1. The number of aryl methyl sites for hydroxylation is 1. The molecule has 37 heavy (non-hydrogen) atoms. The Hall–Kier alpha value is -4.23. The normalized spacial score (nSPS) is 20.8. The fourth-order valence-corrected chi connectivity index (χ4v) is 5.68. The highest BCUT2D eigenvalue weighted by Crippen LogP contribution is 2.47. The molecule has 2 aliphatic rings. The Morgan fingerprint density at radius 1 is 1.32 bits per heavy atom. The fourth-order valence-electron chi connectivity index (χ4n) is 5.68. The number of hydrogen-bond donors (Lipinski definition) is 1. The second kappa shape index (κ2) is 9.01. The second-order valence-electron chi connectivity index (χ2n) is 9.61. The number of ether oxygens (including phenoxy) is 2. The summed E-state index contributed by atoms with van der Waals surface area (Å²) in [7, 11) is 3.13. The van der Waals surface area contributed by atoms with Gasteiger partial charge in [-0.3, -0.25) is 14.6 Å². The van der Waals surface area contributed by atoms with Crippen LogP contribution in [0.15, 0.2) is 42.7 Å². The van der Waals surface area contributed by atoms with Gasteiger partial charge >= 0.3 is 0 Å². The van der Waals surface area contributed by atoms with Crippen molar-refractivity contribution in [3.8, 4) is 23.1 Å². The van der Waals surface area contributed by atoms with Crippen LogP contribution in [0.4, 0.5) is 0 Å². The number of aromatic nitrogens is 5. The lowest BCUT2D eigenvalue weighted by Crippen LogP contribution is -2.32. The molecule has 1 N–H and O–H groups in total. The van der Waals surface area contributed by atoms with Crippen molar-refractivity contribution in [2.75, 3.05) is 33.9 Å². The Morgan fingerprint density at radius 3 is 3.00 bits per heavy atom. The molecule has 1 fully saturated rings. The van der Waals surface area contributed by atoms with Crippen LogP contribution in [-0.2, 0) is 21.4 Å².